The monoisotopic (exact) mass is 227 g/mol. The molecule has 3 nitrogen and oxygen atoms in total. The molecule has 2 aromatic rings. The van der Waals surface area contributed by atoms with E-state index in [2.05, 4.69) is 9.97 Å². The van der Waals surface area contributed by atoms with E-state index in [1.54, 1.807) is 0 Å². The molecule has 1 atom stereocenters. The Labute approximate surface area is 102 Å². The quantitative estimate of drug-likeness (QED) is 0.875. The molecule has 1 unspecified atom stereocenters. The second kappa shape index (κ2) is 5.06. The molecule has 1 aromatic heterocycles. The highest BCUT2D eigenvalue weighted by Crippen LogP contribution is 2.14. The third-order valence-electron chi connectivity index (χ3n) is 2.68. The Morgan fingerprint density at radius 3 is 2.47 bits per heavy atom. The summed E-state index contributed by atoms with van der Waals surface area (Å²) in [5.74, 6) is 0.806. The summed E-state index contributed by atoms with van der Waals surface area (Å²) < 4.78 is 0. The largest absolute Gasteiger partial charge is 0.324 e. The van der Waals surface area contributed by atoms with E-state index in [0.29, 0.717) is 0 Å². The van der Waals surface area contributed by atoms with Crippen LogP contribution in [0.4, 0.5) is 0 Å². The Hall–Kier alpha value is -1.74. The fourth-order valence-corrected chi connectivity index (χ4v) is 1.94. The van der Waals surface area contributed by atoms with E-state index >= 15 is 0 Å². The molecule has 0 amide bonds. The minimum atomic E-state index is -0.00935. The van der Waals surface area contributed by atoms with E-state index in [4.69, 9.17) is 5.73 Å². The van der Waals surface area contributed by atoms with Crippen LogP contribution >= 0.6 is 0 Å². The summed E-state index contributed by atoms with van der Waals surface area (Å²) in [7, 11) is 0. The maximum atomic E-state index is 6.17. The highest BCUT2D eigenvalue weighted by molar-refractivity contribution is 5.21. The SMILES string of the molecule is Cc1cc(CC(N)c2ccccc2)nc(C)n1. The van der Waals surface area contributed by atoms with Crippen molar-refractivity contribution < 1.29 is 0 Å². The fraction of sp³-hybridized carbons (Fsp3) is 0.286. The summed E-state index contributed by atoms with van der Waals surface area (Å²) in [6.07, 6.45) is 0.744. The number of aromatic nitrogens is 2. The zero-order chi connectivity index (χ0) is 12.3. The van der Waals surface area contributed by atoms with Gasteiger partial charge in [0.15, 0.2) is 0 Å². The summed E-state index contributed by atoms with van der Waals surface area (Å²) in [6, 6.07) is 12.1. The zero-order valence-corrected chi connectivity index (χ0v) is 10.2. The van der Waals surface area contributed by atoms with Gasteiger partial charge in [-0.25, -0.2) is 9.97 Å². The predicted octanol–water partition coefficient (Wildman–Crippen LogP) is 2.34. The van der Waals surface area contributed by atoms with Crippen LogP contribution in [0.3, 0.4) is 0 Å². The van der Waals surface area contributed by atoms with E-state index < -0.39 is 0 Å². The lowest BCUT2D eigenvalue weighted by atomic mass is 10.0. The standard InChI is InChI=1S/C14H17N3/c1-10-8-13(17-11(2)16-10)9-14(15)12-6-4-3-5-7-12/h3-8,14H,9,15H2,1-2H3. The second-order valence-electron chi connectivity index (χ2n) is 4.27. The van der Waals surface area contributed by atoms with E-state index in [1.165, 1.54) is 0 Å². The molecule has 0 aliphatic carbocycles. The molecule has 1 aromatic carbocycles. The first kappa shape index (κ1) is 11.7. The topological polar surface area (TPSA) is 51.8 Å². The summed E-state index contributed by atoms with van der Waals surface area (Å²) in [5, 5.41) is 0. The van der Waals surface area contributed by atoms with Gasteiger partial charge in [0, 0.05) is 23.9 Å². The molecule has 17 heavy (non-hydrogen) atoms. The number of rotatable bonds is 3. The first-order valence-corrected chi connectivity index (χ1v) is 5.77. The van der Waals surface area contributed by atoms with Gasteiger partial charge in [0.05, 0.1) is 0 Å². The van der Waals surface area contributed by atoms with Crippen molar-refractivity contribution in [1.29, 1.82) is 0 Å². The molecule has 0 bridgehead atoms. The van der Waals surface area contributed by atoms with Gasteiger partial charge in [-0.05, 0) is 25.5 Å². The van der Waals surface area contributed by atoms with Gasteiger partial charge >= 0.3 is 0 Å². The smallest absolute Gasteiger partial charge is 0.125 e. The molecule has 0 saturated carbocycles. The van der Waals surface area contributed by atoms with Crippen LogP contribution in [0.2, 0.25) is 0 Å². The average Bonchev–Trinajstić information content (AvgIpc) is 2.28. The van der Waals surface area contributed by atoms with Crippen LogP contribution in [0.1, 0.15) is 28.8 Å². The number of nitrogens with zero attached hydrogens (tertiary/aromatic N) is 2. The minimum Gasteiger partial charge on any atom is -0.324 e. The van der Waals surface area contributed by atoms with E-state index in [0.717, 1.165) is 29.2 Å². The molecule has 3 heteroatoms. The maximum Gasteiger partial charge on any atom is 0.125 e. The fourth-order valence-electron chi connectivity index (χ4n) is 1.94. The molecule has 0 fully saturated rings. The normalized spacial score (nSPS) is 12.4. The maximum absolute atomic E-state index is 6.17. The number of hydrogen-bond donors (Lipinski definition) is 1. The van der Waals surface area contributed by atoms with Crippen molar-refractivity contribution in [2.75, 3.05) is 0 Å². The molecule has 0 aliphatic rings. The van der Waals surface area contributed by atoms with Gasteiger partial charge < -0.3 is 5.73 Å². The molecule has 1 heterocycles. The average molecular weight is 227 g/mol. The molecular formula is C14H17N3. The predicted molar refractivity (Wildman–Crippen MR) is 68.6 cm³/mol. The van der Waals surface area contributed by atoms with E-state index in [9.17, 15) is 0 Å². The Morgan fingerprint density at radius 2 is 1.82 bits per heavy atom. The molecule has 0 radical (unpaired) electrons. The lowest BCUT2D eigenvalue weighted by Gasteiger charge is -2.12. The number of aryl methyl sites for hydroxylation is 2. The molecule has 0 aliphatic heterocycles. The van der Waals surface area contributed by atoms with E-state index in [1.807, 2.05) is 50.2 Å². The van der Waals surface area contributed by atoms with Crippen LogP contribution in [0.5, 0.6) is 0 Å². The highest BCUT2D eigenvalue weighted by Gasteiger charge is 2.08. The van der Waals surface area contributed by atoms with Gasteiger partial charge in [-0.1, -0.05) is 30.3 Å². The highest BCUT2D eigenvalue weighted by atomic mass is 14.9. The van der Waals surface area contributed by atoms with Crippen LogP contribution in [0, 0.1) is 13.8 Å². The van der Waals surface area contributed by atoms with Crippen molar-refractivity contribution in [1.82, 2.24) is 9.97 Å². The number of nitrogens with two attached hydrogens (primary N) is 1. The van der Waals surface area contributed by atoms with Gasteiger partial charge in [-0.15, -0.1) is 0 Å². The molecule has 88 valence electrons. The first-order chi connectivity index (χ1) is 8.15. The molecule has 0 saturated heterocycles. The van der Waals surface area contributed by atoms with Crippen LogP contribution in [-0.2, 0) is 6.42 Å². The van der Waals surface area contributed by atoms with Crippen LogP contribution < -0.4 is 5.73 Å². The summed E-state index contributed by atoms with van der Waals surface area (Å²) in [4.78, 5) is 8.67. The summed E-state index contributed by atoms with van der Waals surface area (Å²) in [6.45, 7) is 3.89. The van der Waals surface area contributed by atoms with Crippen LogP contribution in [-0.4, -0.2) is 9.97 Å². The van der Waals surface area contributed by atoms with Crippen molar-refractivity contribution in [3.63, 3.8) is 0 Å². The van der Waals surface area contributed by atoms with Gasteiger partial charge in [0.25, 0.3) is 0 Å². The number of hydrogen-bond acceptors (Lipinski definition) is 3. The molecule has 0 spiro atoms. The Balaban J connectivity index is 2.16. The van der Waals surface area contributed by atoms with Gasteiger partial charge in [-0.3, -0.25) is 0 Å². The van der Waals surface area contributed by atoms with Gasteiger partial charge in [0.2, 0.25) is 0 Å². The molecular weight excluding hydrogens is 210 g/mol. The Kier molecular flexibility index (Phi) is 3.49. The minimum absolute atomic E-state index is 0.00935. The van der Waals surface area contributed by atoms with Gasteiger partial charge in [0.1, 0.15) is 5.82 Å². The Morgan fingerprint density at radius 1 is 1.12 bits per heavy atom. The van der Waals surface area contributed by atoms with E-state index in [-0.39, 0.29) is 6.04 Å². The van der Waals surface area contributed by atoms with Gasteiger partial charge in [-0.2, -0.15) is 0 Å². The van der Waals surface area contributed by atoms with Crippen molar-refractivity contribution >= 4 is 0 Å². The first-order valence-electron chi connectivity index (χ1n) is 5.77. The zero-order valence-electron chi connectivity index (χ0n) is 10.2. The summed E-state index contributed by atoms with van der Waals surface area (Å²) >= 11 is 0. The third kappa shape index (κ3) is 3.11. The van der Waals surface area contributed by atoms with Crippen molar-refractivity contribution in [3.8, 4) is 0 Å². The van der Waals surface area contributed by atoms with Crippen molar-refractivity contribution in [2.24, 2.45) is 5.73 Å². The molecule has 2 rings (SSSR count). The lowest BCUT2D eigenvalue weighted by Crippen LogP contribution is -2.14. The third-order valence-corrected chi connectivity index (χ3v) is 2.68. The Bertz CT molecular complexity index is 474. The van der Waals surface area contributed by atoms with Crippen LogP contribution in [0.25, 0.3) is 0 Å². The van der Waals surface area contributed by atoms with Crippen LogP contribution in [0.15, 0.2) is 36.4 Å². The number of benzene rings is 1. The summed E-state index contributed by atoms with van der Waals surface area (Å²) in [5.41, 5.74) is 9.31. The lowest BCUT2D eigenvalue weighted by molar-refractivity contribution is 0.699. The van der Waals surface area contributed by atoms with Crippen molar-refractivity contribution in [2.45, 2.75) is 26.3 Å². The second-order valence-corrected chi connectivity index (χ2v) is 4.27. The van der Waals surface area contributed by atoms with Crippen molar-refractivity contribution in [3.05, 3.63) is 59.2 Å². The molecule has 2 N–H and O–H groups in total.